The minimum absolute atomic E-state index is 0.143. The van der Waals surface area contributed by atoms with Gasteiger partial charge in [0.25, 0.3) is 11.8 Å². The third kappa shape index (κ3) is 4.02. The molecule has 0 atom stereocenters. The molecule has 3 N–H and O–H groups in total. The van der Waals surface area contributed by atoms with Gasteiger partial charge in [0.1, 0.15) is 5.75 Å². The van der Waals surface area contributed by atoms with E-state index in [9.17, 15) is 9.59 Å². The Labute approximate surface area is 190 Å². The van der Waals surface area contributed by atoms with Crippen molar-refractivity contribution in [2.75, 3.05) is 17.7 Å². The maximum atomic E-state index is 12.7. The van der Waals surface area contributed by atoms with Crippen molar-refractivity contribution in [3.63, 3.8) is 0 Å². The Hall–Kier alpha value is -4.58. The maximum Gasteiger partial charge on any atom is 0.256 e. The summed E-state index contributed by atoms with van der Waals surface area (Å²) < 4.78 is 5.15. The summed E-state index contributed by atoms with van der Waals surface area (Å²) in [5.41, 5.74) is 6.06. The number of ether oxygens (including phenoxy) is 1. The SMILES string of the molecule is COc1ccc(C(=O)Nc2cccc(-c3cccc4c3C(=Cc3ccc[nH]3)C(=O)N4)c2)cc1. The highest BCUT2D eigenvalue weighted by molar-refractivity contribution is 6.36. The fourth-order valence-electron chi connectivity index (χ4n) is 3.93. The first-order valence-electron chi connectivity index (χ1n) is 10.5. The van der Waals surface area contributed by atoms with Gasteiger partial charge in [-0.05, 0) is 71.8 Å². The van der Waals surface area contributed by atoms with Crippen molar-refractivity contribution in [2.24, 2.45) is 0 Å². The predicted octanol–water partition coefficient (Wildman–Crippen LogP) is 5.44. The van der Waals surface area contributed by atoms with Crippen LogP contribution in [0, 0.1) is 0 Å². The molecule has 0 spiro atoms. The Bertz CT molecular complexity index is 1370. The highest BCUT2D eigenvalue weighted by Crippen LogP contribution is 2.40. The van der Waals surface area contributed by atoms with Crippen LogP contribution < -0.4 is 15.4 Å². The topological polar surface area (TPSA) is 83.2 Å². The molecule has 5 rings (SSSR count). The summed E-state index contributed by atoms with van der Waals surface area (Å²) in [5, 5.41) is 5.89. The van der Waals surface area contributed by atoms with Gasteiger partial charge in [-0.3, -0.25) is 9.59 Å². The zero-order valence-electron chi connectivity index (χ0n) is 17.9. The summed E-state index contributed by atoms with van der Waals surface area (Å²) in [6, 6.07) is 24.1. The smallest absolute Gasteiger partial charge is 0.256 e. The van der Waals surface area contributed by atoms with Crippen LogP contribution in [0.15, 0.2) is 85.1 Å². The summed E-state index contributed by atoms with van der Waals surface area (Å²) in [4.78, 5) is 28.5. The molecule has 0 fully saturated rings. The van der Waals surface area contributed by atoms with Crippen LogP contribution in [0.3, 0.4) is 0 Å². The number of anilines is 2. The van der Waals surface area contributed by atoms with E-state index < -0.39 is 0 Å². The molecule has 1 aliphatic heterocycles. The number of benzene rings is 3. The van der Waals surface area contributed by atoms with Crippen LogP contribution in [-0.2, 0) is 4.79 Å². The number of rotatable bonds is 5. The fraction of sp³-hybridized carbons (Fsp3) is 0.0370. The number of hydrogen-bond acceptors (Lipinski definition) is 3. The Kier molecular flexibility index (Phi) is 5.24. The molecule has 6 heteroatoms. The standard InChI is InChI=1S/C27H21N3O3/c1-33-21-12-10-17(11-13-21)26(31)29-20-6-2-5-18(15-20)22-8-3-9-24-25(22)23(27(32)30-24)16-19-7-4-14-28-19/h2-16,28H,1H3,(H,29,31)(H,30,32). The Morgan fingerprint density at radius 2 is 1.79 bits per heavy atom. The number of methoxy groups -OCH3 is 1. The van der Waals surface area contributed by atoms with Crippen LogP contribution in [-0.4, -0.2) is 23.9 Å². The highest BCUT2D eigenvalue weighted by Gasteiger charge is 2.27. The summed E-state index contributed by atoms with van der Waals surface area (Å²) in [5.74, 6) is 0.339. The summed E-state index contributed by atoms with van der Waals surface area (Å²) in [6.45, 7) is 0. The molecule has 0 saturated carbocycles. The highest BCUT2D eigenvalue weighted by atomic mass is 16.5. The molecule has 33 heavy (non-hydrogen) atoms. The van der Waals surface area contributed by atoms with Crippen molar-refractivity contribution in [1.82, 2.24) is 4.98 Å². The third-order valence-corrected chi connectivity index (χ3v) is 5.53. The predicted molar refractivity (Wildman–Crippen MR) is 130 cm³/mol. The molecule has 1 aliphatic rings. The van der Waals surface area contributed by atoms with Crippen molar-refractivity contribution in [3.8, 4) is 16.9 Å². The van der Waals surface area contributed by atoms with Crippen LogP contribution in [0.2, 0.25) is 0 Å². The van der Waals surface area contributed by atoms with Crippen molar-refractivity contribution in [1.29, 1.82) is 0 Å². The quantitative estimate of drug-likeness (QED) is 0.365. The average molecular weight is 435 g/mol. The molecule has 2 heterocycles. The van der Waals surface area contributed by atoms with Crippen LogP contribution in [0.4, 0.5) is 11.4 Å². The van der Waals surface area contributed by atoms with Crippen LogP contribution in [0.25, 0.3) is 22.8 Å². The lowest BCUT2D eigenvalue weighted by molar-refractivity contribution is -0.110. The van der Waals surface area contributed by atoms with Gasteiger partial charge < -0.3 is 20.4 Å². The second kappa shape index (κ2) is 8.51. The van der Waals surface area contributed by atoms with E-state index in [4.69, 9.17) is 4.74 Å². The number of nitrogens with one attached hydrogen (secondary N) is 3. The zero-order chi connectivity index (χ0) is 22.8. The summed E-state index contributed by atoms with van der Waals surface area (Å²) in [7, 11) is 1.59. The first-order valence-corrected chi connectivity index (χ1v) is 10.5. The lowest BCUT2D eigenvalue weighted by Gasteiger charge is -2.11. The molecule has 0 bridgehead atoms. The van der Waals surface area contributed by atoms with Gasteiger partial charge in [-0.15, -0.1) is 0 Å². The molecule has 0 unspecified atom stereocenters. The van der Waals surface area contributed by atoms with E-state index in [0.717, 1.165) is 28.1 Å². The lowest BCUT2D eigenvalue weighted by atomic mass is 9.94. The first kappa shape index (κ1) is 20.3. The van der Waals surface area contributed by atoms with Crippen molar-refractivity contribution in [3.05, 3.63) is 102 Å². The van der Waals surface area contributed by atoms with Gasteiger partial charge >= 0.3 is 0 Å². The van der Waals surface area contributed by atoms with E-state index >= 15 is 0 Å². The van der Waals surface area contributed by atoms with Crippen LogP contribution >= 0.6 is 0 Å². The van der Waals surface area contributed by atoms with E-state index in [1.54, 1.807) is 31.4 Å². The number of fused-ring (bicyclic) bond motifs is 1. The minimum Gasteiger partial charge on any atom is -0.497 e. The number of H-pyrrole nitrogens is 1. The van der Waals surface area contributed by atoms with E-state index in [1.165, 1.54) is 0 Å². The Morgan fingerprint density at radius 3 is 2.55 bits per heavy atom. The monoisotopic (exact) mass is 435 g/mol. The number of aromatic amines is 1. The average Bonchev–Trinajstić information content (AvgIpc) is 3.47. The number of hydrogen-bond donors (Lipinski definition) is 3. The molecule has 0 radical (unpaired) electrons. The molecular formula is C27H21N3O3. The molecule has 3 aromatic carbocycles. The Morgan fingerprint density at radius 1 is 0.970 bits per heavy atom. The third-order valence-electron chi connectivity index (χ3n) is 5.53. The Balaban J connectivity index is 1.48. The molecule has 0 aliphatic carbocycles. The molecule has 0 saturated heterocycles. The van der Waals surface area contributed by atoms with Crippen LogP contribution in [0.1, 0.15) is 21.6 Å². The number of amides is 2. The van der Waals surface area contributed by atoms with E-state index in [2.05, 4.69) is 15.6 Å². The molecule has 4 aromatic rings. The van der Waals surface area contributed by atoms with Gasteiger partial charge in [0.05, 0.1) is 12.7 Å². The molecule has 6 nitrogen and oxygen atoms in total. The number of carbonyl (C=O) groups excluding carboxylic acids is 2. The second-order valence-corrected chi connectivity index (χ2v) is 7.63. The zero-order valence-corrected chi connectivity index (χ0v) is 17.9. The van der Waals surface area contributed by atoms with Gasteiger partial charge in [0.15, 0.2) is 0 Å². The number of carbonyl (C=O) groups is 2. The van der Waals surface area contributed by atoms with E-state index in [-0.39, 0.29) is 11.8 Å². The van der Waals surface area contributed by atoms with Gasteiger partial charge in [-0.1, -0.05) is 24.3 Å². The van der Waals surface area contributed by atoms with Gasteiger partial charge in [0.2, 0.25) is 0 Å². The normalized spacial score (nSPS) is 13.5. The molecular weight excluding hydrogens is 414 g/mol. The fourth-order valence-corrected chi connectivity index (χ4v) is 3.93. The van der Waals surface area contributed by atoms with Crippen LogP contribution in [0.5, 0.6) is 5.75 Å². The van der Waals surface area contributed by atoms with Gasteiger partial charge in [-0.2, -0.15) is 0 Å². The number of aromatic nitrogens is 1. The van der Waals surface area contributed by atoms with E-state index in [0.29, 0.717) is 22.6 Å². The molecule has 1 aromatic heterocycles. The summed E-state index contributed by atoms with van der Waals surface area (Å²) in [6.07, 6.45) is 3.67. The largest absolute Gasteiger partial charge is 0.497 e. The minimum atomic E-state index is -0.211. The molecule has 162 valence electrons. The van der Waals surface area contributed by atoms with Crippen molar-refractivity contribution >= 4 is 34.8 Å². The lowest BCUT2D eigenvalue weighted by Crippen LogP contribution is -2.11. The summed E-state index contributed by atoms with van der Waals surface area (Å²) >= 11 is 0. The van der Waals surface area contributed by atoms with Crippen molar-refractivity contribution in [2.45, 2.75) is 0 Å². The van der Waals surface area contributed by atoms with Crippen molar-refractivity contribution < 1.29 is 14.3 Å². The van der Waals surface area contributed by atoms with Gasteiger partial charge in [-0.25, -0.2) is 0 Å². The first-order chi connectivity index (χ1) is 16.1. The molecule has 2 amide bonds. The second-order valence-electron chi connectivity index (χ2n) is 7.63. The van der Waals surface area contributed by atoms with Gasteiger partial charge in [0, 0.05) is 34.4 Å². The maximum absolute atomic E-state index is 12.7. The van der Waals surface area contributed by atoms with E-state index in [1.807, 2.05) is 66.9 Å².